The number of ketones is 1. The van der Waals surface area contributed by atoms with Crippen molar-refractivity contribution in [2.24, 2.45) is 11.8 Å². The van der Waals surface area contributed by atoms with Gasteiger partial charge in [-0.1, -0.05) is 37.3 Å². The smallest absolute Gasteiger partial charge is 0.147 e. The molecule has 0 N–H and O–H groups in total. The second-order valence-corrected chi connectivity index (χ2v) is 6.61. The van der Waals surface area contributed by atoms with Crippen LogP contribution in [0.4, 0.5) is 0 Å². The first-order chi connectivity index (χ1) is 9.04. The standard InChI is InChI=1S/C17H29NO/c1-5-14-8-6-7-9-15(14)16-10-17(13(3)19)18(4)11-12(16)2/h14-15,17H,5-11H2,1-4H3. The highest BCUT2D eigenvalue weighted by Crippen LogP contribution is 2.41. The van der Waals surface area contributed by atoms with Crippen molar-refractivity contribution in [2.75, 3.05) is 13.6 Å². The molecule has 0 amide bonds. The highest BCUT2D eigenvalue weighted by Gasteiger charge is 2.34. The summed E-state index contributed by atoms with van der Waals surface area (Å²) in [6.07, 6.45) is 7.79. The van der Waals surface area contributed by atoms with Crippen LogP contribution in [0.3, 0.4) is 0 Å². The summed E-state index contributed by atoms with van der Waals surface area (Å²) < 4.78 is 0. The number of hydrogen-bond acceptors (Lipinski definition) is 2. The van der Waals surface area contributed by atoms with Gasteiger partial charge in [0.05, 0.1) is 6.04 Å². The molecule has 2 nitrogen and oxygen atoms in total. The van der Waals surface area contributed by atoms with Crippen LogP contribution in [0.15, 0.2) is 11.1 Å². The number of carbonyl (C=O) groups excluding carboxylic acids is 1. The van der Waals surface area contributed by atoms with Crippen molar-refractivity contribution in [1.82, 2.24) is 4.90 Å². The van der Waals surface area contributed by atoms with E-state index in [0.717, 1.165) is 24.8 Å². The van der Waals surface area contributed by atoms with Crippen LogP contribution >= 0.6 is 0 Å². The Morgan fingerprint density at radius 2 is 2.00 bits per heavy atom. The van der Waals surface area contributed by atoms with Crippen molar-refractivity contribution in [3.63, 3.8) is 0 Å². The molecule has 1 aliphatic carbocycles. The Morgan fingerprint density at radius 1 is 1.32 bits per heavy atom. The molecule has 0 bridgehead atoms. The number of rotatable bonds is 3. The summed E-state index contributed by atoms with van der Waals surface area (Å²) in [7, 11) is 2.09. The van der Waals surface area contributed by atoms with Crippen molar-refractivity contribution in [2.45, 2.75) is 65.3 Å². The molecule has 0 radical (unpaired) electrons. The Labute approximate surface area is 118 Å². The molecule has 1 saturated carbocycles. The Hall–Kier alpha value is -0.630. The van der Waals surface area contributed by atoms with Gasteiger partial charge in [-0.2, -0.15) is 0 Å². The van der Waals surface area contributed by atoms with E-state index in [1.807, 2.05) is 0 Å². The van der Waals surface area contributed by atoms with Crippen molar-refractivity contribution in [1.29, 1.82) is 0 Å². The normalized spacial score (nSPS) is 33.6. The van der Waals surface area contributed by atoms with Crippen LogP contribution in [0, 0.1) is 11.8 Å². The minimum Gasteiger partial charge on any atom is -0.298 e. The molecule has 3 unspecified atom stereocenters. The molecule has 1 heterocycles. The van der Waals surface area contributed by atoms with E-state index in [1.165, 1.54) is 37.7 Å². The molecular formula is C17H29NO. The molecular weight excluding hydrogens is 234 g/mol. The molecule has 3 atom stereocenters. The fourth-order valence-electron chi connectivity index (χ4n) is 4.20. The van der Waals surface area contributed by atoms with Gasteiger partial charge in [-0.3, -0.25) is 9.69 Å². The molecule has 108 valence electrons. The van der Waals surface area contributed by atoms with E-state index in [1.54, 1.807) is 12.5 Å². The minimum absolute atomic E-state index is 0.123. The number of hydrogen-bond donors (Lipinski definition) is 0. The van der Waals surface area contributed by atoms with E-state index in [0.29, 0.717) is 5.78 Å². The summed E-state index contributed by atoms with van der Waals surface area (Å²) in [6.45, 7) is 7.34. The van der Waals surface area contributed by atoms with E-state index in [2.05, 4.69) is 25.8 Å². The maximum atomic E-state index is 11.8. The van der Waals surface area contributed by atoms with Crippen LogP contribution in [0.25, 0.3) is 0 Å². The Morgan fingerprint density at radius 3 is 2.63 bits per heavy atom. The zero-order valence-electron chi connectivity index (χ0n) is 13.0. The van der Waals surface area contributed by atoms with Gasteiger partial charge in [-0.05, 0) is 52.0 Å². The molecule has 0 saturated heterocycles. The predicted molar refractivity (Wildman–Crippen MR) is 80.2 cm³/mol. The first-order valence-corrected chi connectivity index (χ1v) is 7.93. The number of carbonyl (C=O) groups is 1. The Kier molecular flexibility index (Phi) is 4.83. The first-order valence-electron chi connectivity index (χ1n) is 7.93. The lowest BCUT2D eigenvalue weighted by atomic mass is 9.70. The topological polar surface area (TPSA) is 20.3 Å². The second-order valence-electron chi connectivity index (χ2n) is 6.61. The third kappa shape index (κ3) is 3.10. The molecule has 2 rings (SSSR count). The number of likely N-dealkylation sites (N-methyl/N-ethyl adjacent to an activating group) is 1. The lowest BCUT2D eigenvalue weighted by molar-refractivity contribution is -0.121. The average Bonchev–Trinajstić information content (AvgIpc) is 2.38. The molecule has 0 aromatic carbocycles. The van der Waals surface area contributed by atoms with E-state index >= 15 is 0 Å². The highest BCUT2D eigenvalue weighted by atomic mass is 16.1. The molecule has 2 aliphatic rings. The summed E-state index contributed by atoms with van der Waals surface area (Å²) in [5, 5.41) is 0. The van der Waals surface area contributed by atoms with E-state index < -0.39 is 0 Å². The minimum atomic E-state index is 0.123. The summed E-state index contributed by atoms with van der Waals surface area (Å²) in [4.78, 5) is 14.1. The highest BCUT2D eigenvalue weighted by molar-refractivity contribution is 5.82. The van der Waals surface area contributed by atoms with Gasteiger partial charge in [-0.15, -0.1) is 0 Å². The Bertz CT molecular complexity index is 371. The zero-order chi connectivity index (χ0) is 14.0. The van der Waals surface area contributed by atoms with E-state index in [9.17, 15) is 4.79 Å². The molecule has 0 aromatic rings. The summed E-state index contributed by atoms with van der Waals surface area (Å²) in [5.41, 5.74) is 3.16. The third-order valence-electron chi connectivity index (χ3n) is 5.33. The van der Waals surface area contributed by atoms with Gasteiger partial charge in [-0.25, -0.2) is 0 Å². The van der Waals surface area contributed by atoms with Gasteiger partial charge in [0.15, 0.2) is 0 Å². The van der Waals surface area contributed by atoms with E-state index in [-0.39, 0.29) is 6.04 Å². The summed E-state index contributed by atoms with van der Waals surface area (Å²) >= 11 is 0. The van der Waals surface area contributed by atoms with Crippen molar-refractivity contribution >= 4 is 5.78 Å². The van der Waals surface area contributed by atoms with Crippen LogP contribution < -0.4 is 0 Å². The fourth-order valence-corrected chi connectivity index (χ4v) is 4.20. The van der Waals surface area contributed by atoms with Crippen LogP contribution in [0.1, 0.15) is 59.3 Å². The summed E-state index contributed by atoms with van der Waals surface area (Å²) in [5.74, 6) is 1.94. The lowest BCUT2D eigenvalue weighted by Crippen LogP contribution is -2.43. The number of nitrogens with zero attached hydrogens (tertiary/aromatic N) is 1. The molecule has 19 heavy (non-hydrogen) atoms. The van der Waals surface area contributed by atoms with Crippen molar-refractivity contribution < 1.29 is 4.79 Å². The van der Waals surface area contributed by atoms with Gasteiger partial charge >= 0.3 is 0 Å². The quantitative estimate of drug-likeness (QED) is 0.722. The molecule has 2 heteroatoms. The molecule has 1 aliphatic heterocycles. The largest absolute Gasteiger partial charge is 0.298 e. The zero-order valence-corrected chi connectivity index (χ0v) is 13.0. The van der Waals surface area contributed by atoms with E-state index in [4.69, 9.17) is 0 Å². The first kappa shape index (κ1) is 14.8. The van der Waals surface area contributed by atoms with Crippen LogP contribution in [0.5, 0.6) is 0 Å². The molecule has 0 aromatic heterocycles. The maximum absolute atomic E-state index is 11.8. The second kappa shape index (κ2) is 6.21. The van der Waals surface area contributed by atoms with Crippen molar-refractivity contribution in [3.8, 4) is 0 Å². The van der Waals surface area contributed by atoms with Crippen LogP contribution in [0.2, 0.25) is 0 Å². The van der Waals surface area contributed by atoms with Gasteiger partial charge < -0.3 is 0 Å². The summed E-state index contributed by atoms with van der Waals surface area (Å²) in [6, 6.07) is 0.123. The SMILES string of the molecule is CCC1CCCCC1C1=C(C)CN(C)C(C(C)=O)C1. The molecule has 1 fully saturated rings. The van der Waals surface area contributed by atoms with Crippen LogP contribution in [-0.2, 0) is 4.79 Å². The maximum Gasteiger partial charge on any atom is 0.147 e. The predicted octanol–water partition coefficient (Wildman–Crippen LogP) is 3.81. The average molecular weight is 263 g/mol. The van der Waals surface area contributed by atoms with Gasteiger partial charge in [0.1, 0.15) is 5.78 Å². The number of Topliss-reactive ketones (excluding diaryl/α,β-unsaturated/α-hetero) is 1. The van der Waals surface area contributed by atoms with Gasteiger partial charge in [0.25, 0.3) is 0 Å². The Balaban J connectivity index is 2.21. The fraction of sp³-hybridized carbons (Fsp3) is 0.824. The molecule has 0 spiro atoms. The van der Waals surface area contributed by atoms with Crippen molar-refractivity contribution in [3.05, 3.63) is 11.1 Å². The van der Waals surface area contributed by atoms with Gasteiger partial charge in [0.2, 0.25) is 0 Å². The van der Waals surface area contributed by atoms with Gasteiger partial charge in [0, 0.05) is 6.54 Å². The van der Waals surface area contributed by atoms with Crippen LogP contribution in [-0.4, -0.2) is 30.3 Å². The lowest BCUT2D eigenvalue weighted by Gasteiger charge is -2.40. The monoisotopic (exact) mass is 263 g/mol. The third-order valence-corrected chi connectivity index (χ3v) is 5.33.